The Morgan fingerprint density at radius 1 is 0.933 bits per heavy atom. The van der Waals surface area contributed by atoms with Crippen LogP contribution in [-0.2, 0) is 19.6 Å². The molecular formula is C24H35N5O. The van der Waals surface area contributed by atoms with Crippen molar-refractivity contribution in [2.45, 2.75) is 26.1 Å². The Bertz CT molecular complexity index is 805. The number of nitrogens with zero attached hydrogens (tertiary/aromatic N) is 3. The molecule has 3 rings (SSSR count). The molecule has 0 bridgehead atoms. The summed E-state index contributed by atoms with van der Waals surface area (Å²) in [5, 5.41) is 6.74. The van der Waals surface area contributed by atoms with Crippen LogP contribution in [0.1, 0.15) is 23.1 Å². The second-order valence-corrected chi connectivity index (χ2v) is 7.84. The maximum absolute atomic E-state index is 5.41. The molecule has 1 aliphatic heterocycles. The highest BCUT2D eigenvalue weighted by atomic mass is 16.5. The maximum atomic E-state index is 5.41. The van der Waals surface area contributed by atoms with Crippen LogP contribution >= 0.6 is 0 Å². The second kappa shape index (κ2) is 11.6. The summed E-state index contributed by atoms with van der Waals surface area (Å²) in [5.74, 6) is 1.66. The van der Waals surface area contributed by atoms with Gasteiger partial charge in [0, 0.05) is 45.3 Å². The average Bonchev–Trinajstić information content (AvgIpc) is 2.99. The van der Waals surface area contributed by atoms with Gasteiger partial charge in [-0.15, -0.1) is 0 Å². The Kier molecular flexibility index (Phi) is 8.53. The number of aliphatic imine (C=N–C) groups is 1. The van der Waals surface area contributed by atoms with E-state index in [0.29, 0.717) is 6.54 Å². The monoisotopic (exact) mass is 409 g/mol. The number of methoxy groups -OCH3 is 1. The van der Waals surface area contributed by atoms with Gasteiger partial charge < -0.3 is 20.3 Å². The predicted octanol–water partition coefficient (Wildman–Crippen LogP) is 2.70. The molecule has 0 atom stereocenters. The minimum Gasteiger partial charge on any atom is -0.496 e. The van der Waals surface area contributed by atoms with Gasteiger partial charge in [-0.3, -0.25) is 9.89 Å². The molecule has 1 aliphatic rings. The molecule has 1 saturated heterocycles. The van der Waals surface area contributed by atoms with E-state index in [1.807, 2.05) is 18.2 Å². The van der Waals surface area contributed by atoms with Gasteiger partial charge in [0.2, 0.25) is 0 Å². The number of para-hydroxylation sites is 1. The zero-order chi connectivity index (χ0) is 21.2. The van der Waals surface area contributed by atoms with E-state index in [2.05, 4.69) is 62.8 Å². The van der Waals surface area contributed by atoms with Gasteiger partial charge >= 0.3 is 0 Å². The third-order valence-corrected chi connectivity index (χ3v) is 5.56. The van der Waals surface area contributed by atoms with Crippen molar-refractivity contribution in [2.24, 2.45) is 4.99 Å². The fourth-order valence-corrected chi connectivity index (χ4v) is 3.71. The number of likely N-dealkylation sites (N-methyl/N-ethyl adjacent to an activating group) is 1. The largest absolute Gasteiger partial charge is 0.496 e. The number of nitrogens with one attached hydrogen (secondary N) is 2. The SMILES string of the molecule is CN=C(NCc1ccc(CN2CCCN(C)CC2)cc1)NCc1ccccc1OC. The van der Waals surface area contributed by atoms with E-state index < -0.39 is 0 Å². The van der Waals surface area contributed by atoms with Crippen molar-refractivity contribution < 1.29 is 4.74 Å². The third-order valence-electron chi connectivity index (χ3n) is 5.56. The van der Waals surface area contributed by atoms with Gasteiger partial charge in [-0.1, -0.05) is 42.5 Å². The summed E-state index contributed by atoms with van der Waals surface area (Å²) in [6, 6.07) is 16.9. The van der Waals surface area contributed by atoms with Crippen LogP contribution in [0.5, 0.6) is 5.75 Å². The van der Waals surface area contributed by atoms with Gasteiger partial charge in [-0.25, -0.2) is 0 Å². The highest BCUT2D eigenvalue weighted by Crippen LogP contribution is 2.16. The first-order valence-corrected chi connectivity index (χ1v) is 10.7. The molecule has 6 heteroatoms. The Labute approximate surface area is 180 Å². The zero-order valence-electron chi connectivity index (χ0n) is 18.5. The van der Waals surface area contributed by atoms with Crippen LogP contribution in [0.4, 0.5) is 0 Å². The zero-order valence-corrected chi connectivity index (χ0v) is 18.5. The molecule has 2 N–H and O–H groups in total. The first-order valence-electron chi connectivity index (χ1n) is 10.7. The fraction of sp³-hybridized carbons (Fsp3) is 0.458. The van der Waals surface area contributed by atoms with E-state index in [0.717, 1.165) is 43.5 Å². The van der Waals surface area contributed by atoms with Crippen molar-refractivity contribution in [3.63, 3.8) is 0 Å². The number of benzene rings is 2. The van der Waals surface area contributed by atoms with Gasteiger partial charge in [0.15, 0.2) is 5.96 Å². The highest BCUT2D eigenvalue weighted by Gasteiger charge is 2.12. The molecule has 2 aromatic carbocycles. The molecule has 2 aromatic rings. The molecule has 6 nitrogen and oxygen atoms in total. The van der Waals surface area contributed by atoms with Gasteiger partial charge in [-0.2, -0.15) is 0 Å². The van der Waals surface area contributed by atoms with Crippen LogP contribution < -0.4 is 15.4 Å². The van der Waals surface area contributed by atoms with Gasteiger partial charge in [0.05, 0.1) is 7.11 Å². The molecule has 0 unspecified atom stereocenters. The van der Waals surface area contributed by atoms with Crippen molar-refractivity contribution in [3.05, 3.63) is 65.2 Å². The van der Waals surface area contributed by atoms with Crippen LogP contribution in [0.3, 0.4) is 0 Å². The summed E-state index contributed by atoms with van der Waals surface area (Å²) in [6.45, 7) is 7.12. The number of hydrogen-bond acceptors (Lipinski definition) is 4. The molecule has 1 heterocycles. The maximum Gasteiger partial charge on any atom is 0.191 e. The standard InChI is InChI=1S/C24H35N5O/c1-25-24(27-18-22-7-4-5-8-23(22)30-3)26-17-20-9-11-21(12-10-20)19-29-14-6-13-28(2)15-16-29/h4-5,7-12H,6,13-19H2,1-3H3,(H2,25,26,27). The summed E-state index contributed by atoms with van der Waals surface area (Å²) in [7, 11) is 5.70. The minimum atomic E-state index is 0.660. The van der Waals surface area contributed by atoms with E-state index in [1.165, 1.54) is 30.6 Å². The number of guanidine groups is 1. The number of hydrogen-bond donors (Lipinski definition) is 2. The van der Waals surface area contributed by atoms with Crippen molar-refractivity contribution >= 4 is 5.96 Å². The normalized spacial score (nSPS) is 16.2. The fourth-order valence-electron chi connectivity index (χ4n) is 3.71. The van der Waals surface area contributed by atoms with E-state index in [4.69, 9.17) is 4.74 Å². The van der Waals surface area contributed by atoms with Gasteiger partial charge in [0.1, 0.15) is 5.75 Å². The molecule has 1 fully saturated rings. The summed E-state index contributed by atoms with van der Waals surface area (Å²) in [5.41, 5.74) is 3.73. The topological polar surface area (TPSA) is 52.1 Å². The summed E-state index contributed by atoms with van der Waals surface area (Å²) < 4.78 is 5.41. The lowest BCUT2D eigenvalue weighted by Crippen LogP contribution is -2.36. The molecule has 162 valence electrons. The lowest BCUT2D eigenvalue weighted by molar-refractivity contribution is 0.269. The average molecular weight is 410 g/mol. The van der Waals surface area contributed by atoms with E-state index in [1.54, 1.807) is 14.2 Å². The van der Waals surface area contributed by atoms with Crippen LogP contribution in [-0.4, -0.2) is 63.1 Å². The van der Waals surface area contributed by atoms with E-state index >= 15 is 0 Å². The highest BCUT2D eigenvalue weighted by molar-refractivity contribution is 5.79. The number of rotatable bonds is 7. The molecule has 30 heavy (non-hydrogen) atoms. The summed E-state index contributed by atoms with van der Waals surface area (Å²) in [4.78, 5) is 9.30. The van der Waals surface area contributed by atoms with E-state index in [-0.39, 0.29) is 0 Å². The summed E-state index contributed by atoms with van der Waals surface area (Å²) >= 11 is 0. The molecule has 0 spiro atoms. The van der Waals surface area contributed by atoms with Gasteiger partial charge in [0.25, 0.3) is 0 Å². The predicted molar refractivity (Wildman–Crippen MR) is 124 cm³/mol. The first-order chi connectivity index (χ1) is 14.7. The molecule has 0 aromatic heterocycles. The molecule has 0 saturated carbocycles. The quantitative estimate of drug-likeness (QED) is 0.544. The lowest BCUT2D eigenvalue weighted by Gasteiger charge is -2.20. The number of ether oxygens (including phenoxy) is 1. The Morgan fingerprint density at radius 3 is 2.43 bits per heavy atom. The van der Waals surface area contributed by atoms with E-state index in [9.17, 15) is 0 Å². The van der Waals surface area contributed by atoms with Crippen molar-refractivity contribution in [3.8, 4) is 5.75 Å². The molecule has 0 aliphatic carbocycles. The Morgan fingerprint density at radius 2 is 1.67 bits per heavy atom. The molecule has 0 amide bonds. The van der Waals surface area contributed by atoms with Crippen LogP contribution in [0.25, 0.3) is 0 Å². The van der Waals surface area contributed by atoms with Crippen LogP contribution in [0.2, 0.25) is 0 Å². The van der Waals surface area contributed by atoms with Crippen LogP contribution in [0.15, 0.2) is 53.5 Å². The van der Waals surface area contributed by atoms with Gasteiger partial charge in [-0.05, 0) is 43.8 Å². The second-order valence-electron chi connectivity index (χ2n) is 7.84. The first kappa shape index (κ1) is 22.1. The minimum absolute atomic E-state index is 0.660. The summed E-state index contributed by atoms with van der Waals surface area (Å²) in [6.07, 6.45) is 1.25. The van der Waals surface area contributed by atoms with Crippen molar-refractivity contribution in [1.29, 1.82) is 0 Å². The molecule has 0 radical (unpaired) electrons. The van der Waals surface area contributed by atoms with Crippen LogP contribution in [0, 0.1) is 0 Å². The van der Waals surface area contributed by atoms with Crippen molar-refractivity contribution in [1.82, 2.24) is 20.4 Å². The Hall–Kier alpha value is -2.57. The third kappa shape index (κ3) is 6.75. The van der Waals surface area contributed by atoms with Crippen molar-refractivity contribution in [2.75, 3.05) is 47.4 Å². The lowest BCUT2D eigenvalue weighted by atomic mass is 10.1. The Balaban J connectivity index is 1.46. The smallest absolute Gasteiger partial charge is 0.191 e. The molecular weight excluding hydrogens is 374 g/mol.